The van der Waals surface area contributed by atoms with Crippen molar-refractivity contribution in [1.29, 1.82) is 0 Å². The number of methoxy groups -OCH3 is 1. The van der Waals surface area contributed by atoms with Gasteiger partial charge >= 0.3 is 0 Å². The highest BCUT2D eigenvalue weighted by atomic mass is 32.1. The van der Waals surface area contributed by atoms with Gasteiger partial charge in [0.25, 0.3) is 5.91 Å². The average Bonchev–Trinajstić information content (AvgIpc) is 3.39. The molecule has 0 fully saturated rings. The molecule has 0 aliphatic carbocycles. The number of carbonyl (C=O) groups excluding carboxylic acids is 1. The molecule has 5 rings (SSSR count). The summed E-state index contributed by atoms with van der Waals surface area (Å²) in [4.78, 5) is 20.2. The summed E-state index contributed by atoms with van der Waals surface area (Å²) in [6.07, 6.45) is 3.75. The molecule has 0 bridgehead atoms. The molecule has 1 aliphatic heterocycles. The summed E-state index contributed by atoms with van der Waals surface area (Å²) in [5.74, 6) is 0.543. The molecule has 2 aromatic heterocycles. The van der Waals surface area contributed by atoms with Crippen LogP contribution in [-0.4, -0.2) is 28.7 Å². The first-order valence-corrected chi connectivity index (χ1v) is 9.16. The highest BCUT2D eigenvalue weighted by molar-refractivity contribution is 7.20. The monoisotopic (exact) mass is 374 g/mol. The predicted molar refractivity (Wildman–Crippen MR) is 107 cm³/mol. The van der Waals surface area contributed by atoms with Gasteiger partial charge in [-0.15, -0.1) is 11.3 Å². The van der Waals surface area contributed by atoms with Gasteiger partial charge in [0.15, 0.2) is 0 Å². The molecule has 0 unspecified atom stereocenters. The first kappa shape index (κ1) is 15.8. The summed E-state index contributed by atoms with van der Waals surface area (Å²) in [6, 6.07) is 13.7. The number of amides is 1. The van der Waals surface area contributed by atoms with Crippen molar-refractivity contribution < 1.29 is 9.53 Å². The second-order valence-electron chi connectivity index (χ2n) is 6.10. The summed E-state index contributed by atoms with van der Waals surface area (Å²) >= 11 is 1.48. The summed E-state index contributed by atoms with van der Waals surface area (Å²) in [5.41, 5.74) is 6.43. The SMILES string of the molecule is COc1ccc2nc(C3=NNC(=O)C3=Cc3c[nH]c4ccccc34)sc2c1. The van der Waals surface area contributed by atoms with Crippen molar-refractivity contribution in [2.45, 2.75) is 0 Å². The molecular formula is C20H14N4O2S. The minimum atomic E-state index is -0.230. The number of nitrogens with zero attached hydrogens (tertiary/aromatic N) is 2. The first-order chi connectivity index (χ1) is 13.2. The maximum absolute atomic E-state index is 12.4. The molecule has 3 heterocycles. The van der Waals surface area contributed by atoms with Crippen LogP contribution in [0.1, 0.15) is 10.6 Å². The van der Waals surface area contributed by atoms with Crippen LogP contribution in [-0.2, 0) is 4.79 Å². The maximum atomic E-state index is 12.4. The van der Waals surface area contributed by atoms with Crippen LogP contribution in [0.2, 0.25) is 0 Å². The van der Waals surface area contributed by atoms with E-state index in [-0.39, 0.29) is 5.91 Å². The Morgan fingerprint density at radius 1 is 1.19 bits per heavy atom. The van der Waals surface area contributed by atoms with Crippen molar-refractivity contribution in [3.05, 3.63) is 64.8 Å². The Bertz CT molecular complexity index is 1270. The van der Waals surface area contributed by atoms with Crippen LogP contribution in [0.25, 0.3) is 27.2 Å². The molecule has 132 valence electrons. The number of ether oxygens (including phenoxy) is 1. The quantitative estimate of drug-likeness (QED) is 0.537. The van der Waals surface area contributed by atoms with E-state index in [2.05, 4.69) is 20.5 Å². The third kappa shape index (κ3) is 2.60. The van der Waals surface area contributed by atoms with Crippen molar-refractivity contribution in [3.8, 4) is 5.75 Å². The average molecular weight is 374 g/mol. The number of benzene rings is 2. The molecule has 2 N–H and O–H groups in total. The van der Waals surface area contributed by atoms with Crippen molar-refractivity contribution >= 4 is 50.2 Å². The third-order valence-electron chi connectivity index (χ3n) is 4.49. The number of thiazole rings is 1. The Labute approximate surface area is 158 Å². The zero-order valence-electron chi connectivity index (χ0n) is 14.3. The largest absolute Gasteiger partial charge is 0.497 e. The zero-order valence-corrected chi connectivity index (χ0v) is 15.1. The Kier molecular flexibility index (Phi) is 3.54. The number of aromatic amines is 1. The number of rotatable bonds is 3. The lowest BCUT2D eigenvalue weighted by atomic mass is 10.1. The molecule has 6 nitrogen and oxygen atoms in total. The van der Waals surface area contributed by atoms with E-state index in [1.807, 2.05) is 54.7 Å². The number of hydrogen-bond acceptors (Lipinski definition) is 5. The molecule has 0 spiro atoms. The predicted octanol–water partition coefficient (Wildman–Crippen LogP) is 3.70. The van der Waals surface area contributed by atoms with Gasteiger partial charge in [-0.3, -0.25) is 4.79 Å². The van der Waals surface area contributed by atoms with Gasteiger partial charge in [-0.1, -0.05) is 18.2 Å². The highest BCUT2D eigenvalue weighted by Crippen LogP contribution is 2.30. The van der Waals surface area contributed by atoms with Crippen LogP contribution in [0.5, 0.6) is 5.75 Å². The smallest absolute Gasteiger partial charge is 0.273 e. The number of carbonyl (C=O) groups is 1. The van der Waals surface area contributed by atoms with Crippen LogP contribution in [0.3, 0.4) is 0 Å². The number of hydrogen-bond donors (Lipinski definition) is 2. The van der Waals surface area contributed by atoms with E-state index in [0.717, 1.165) is 32.4 Å². The second-order valence-corrected chi connectivity index (χ2v) is 7.13. The van der Waals surface area contributed by atoms with Gasteiger partial charge in [-0.25, -0.2) is 10.4 Å². The molecule has 0 radical (unpaired) electrons. The van der Waals surface area contributed by atoms with E-state index < -0.39 is 0 Å². The van der Waals surface area contributed by atoms with E-state index in [1.54, 1.807) is 7.11 Å². The molecule has 7 heteroatoms. The lowest BCUT2D eigenvalue weighted by molar-refractivity contribution is -0.116. The van der Waals surface area contributed by atoms with E-state index in [1.165, 1.54) is 11.3 Å². The van der Waals surface area contributed by atoms with Gasteiger partial charge in [-0.05, 0) is 30.3 Å². The lowest BCUT2D eigenvalue weighted by Gasteiger charge is -1.97. The fraction of sp³-hybridized carbons (Fsp3) is 0.0500. The van der Waals surface area contributed by atoms with Crippen LogP contribution in [0, 0.1) is 0 Å². The van der Waals surface area contributed by atoms with Crippen LogP contribution in [0.4, 0.5) is 0 Å². The fourth-order valence-electron chi connectivity index (χ4n) is 3.13. The standard InChI is InChI=1S/C20H14N4O2S/c1-26-12-6-7-16-17(9-12)27-20(22-16)18-14(19(25)24-23-18)8-11-10-21-15-5-3-2-4-13(11)15/h2-10,21H,1H3,(H,24,25). The minimum Gasteiger partial charge on any atom is -0.497 e. The second kappa shape index (κ2) is 6.07. The highest BCUT2D eigenvalue weighted by Gasteiger charge is 2.27. The zero-order chi connectivity index (χ0) is 18.4. The van der Waals surface area contributed by atoms with Crippen molar-refractivity contribution in [1.82, 2.24) is 15.4 Å². The molecule has 27 heavy (non-hydrogen) atoms. The molecular weight excluding hydrogens is 360 g/mol. The van der Waals surface area contributed by atoms with Crippen LogP contribution >= 0.6 is 11.3 Å². The maximum Gasteiger partial charge on any atom is 0.273 e. The Balaban J connectivity index is 1.60. The van der Waals surface area contributed by atoms with Crippen molar-refractivity contribution in [2.75, 3.05) is 7.11 Å². The molecule has 0 saturated heterocycles. The summed E-state index contributed by atoms with van der Waals surface area (Å²) in [6.45, 7) is 0. The van der Waals surface area contributed by atoms with Gasteiger partial charge in [0.05, 0.1) is 22.9 Å². The number of para-hydroxylation sites is 1. The fourth-order valence-corrected chi connectivity index (χ4v) is 4.13. The summed E-state index contributed by atoms with van der Waals surface area (Å²) in [7, 11) is 1.63. The van der Waals surface area contributed by atoms with Gasteiger partial charge < -0.3 is 9.72 Å². The van der Waals surface area contributed by atoms with Crippen LogP contribution in [0.15, 0.2) is 59.3 Å². The van der Waals surface area contributed by atoms with E-state index in [4.69, 9.17) is 4.74 Å². The topological polar surface area (TPSA) is 79.4 Å². The minimum absolute atomic E-state index is 0.230. The Hall–Kier alpha value is -3.45. The van der Waals surface area contributed by atoms with Crippen LogP contribution < -0.4 is 10.2 Å². The van der Waals surface area contributed by atoms with Gasteiger partial charge in [0.2, 0.25) is 0 Å². The Morgan fingerprint density at radius 3 is 2.96 bits per heavy atom. The normalized spacial score (nSPS) is 15.5. The van der Waals surface area contributed by atoms with Gasteiger partial charge in [0.1, 0.15) is 16.5 Å². The van der Waals surface area contributed by atoms with E-state index >= 15 is 0 Å². The summed E-state index contributed by atoms with van der Waals surface area (Å²) < 4.78 is 6.26. The summed E-state index contributed by atoms with van der Waals surface area (Å²) in [5, 5.41) is 5.97. The molecule has 4 aromatic rings. The number of aromatic nitrogens is 2. The molecule has 2 aromatic carbocycles. The lowest BCUT2D eigenvalue weighted by Crippen LogP contribution is -2.13. The molecule has 1 aliphatic rings. The van der Waals surface area contributed by atoms with Gasteiger partial charge in [-0.2, -0.15) is 5.10 Å². The first-order valence-electron chi connectivity index (χ1n) is 8.34. The Morgan fingerprint density at radius 2 is 2.07 bits per heavy atom. The van der Waals surface area contributed by atoms with E-state index in [0.29, 0.717) is 16.3 Å². The van der Waals surface area contributed by atoms with Crippen molar-refractivity contribution in [2.24, 2.45) is 5.10 Å². The van der Waals surface area contributed by atoms with Gasteiger partial charge in [0, 0.05) is 22.7 Å². The molecule has 0 atom stereocenters. The number of nitrogens with one attached hydrogen (secondary N) is 2. The number of fused-ring (bicyclic) bond motifs is 2. The number of hydrazone groups is 1. The number of H-pyrrole nitrogens is 1. The van der Waals surface area contributed by atoms with Crippen molar-refractivity contribution in [3.63, 3.8) is 0 Å². The third-order valence-corrected chi connectivity index (χ3v) is 5.51. The van der Waals surface area contributed by atoms with E-state index in [9.17, 15) is 4.79 Å². The molecule has 1 amide bonds. The molecule has 0 saturated carbocycles.